The van der Waals surface area contributed by atoms with Gasteiger partial charge in [-0.15, -0.1) is 0 Å². The molecule has 0 fully saturated rings. The summed E-state index contributed by atoms with van der Waals surface area (Å²) in [6.45, 7) is 12.7. The summed E-state index contributed by atoms with van der Waals surface area (Å²) in [4.78, 5) is 49.0. The van der Waals surface area contributed by atoms with Gasteiger partial charge in [0, 0.05) is 12.8 Å². The maximum Gasteiger partial charge on any atom is 0.508 e. The van der Waals surface area contributed by atoms with E-state index in [2.05, 4.69) is 0 Å². The van der Waals surface area contributed by atoms with Gasteiger partial charge in [-0.3, -0.25) is 14.4 Å². The van der Waals surface area contributed by atoms with Crippen LogP contribution in [0, 0.1) is 5.92 Å². The van der Waals surface area contributed by atoms with Crippen molar-refractivity contribution in [3.05, 3.63) is 23.8 Å². The summed E-state index contributed by atoms with van der Waals surface area (Å²) in [6, 6.07) is 3.64. The normalized spacial score (nSPS) is 14.1. The number of esters is 3. The van der Waals surface area contributed by atoms with E-state index in [1.54, 1.807) is 26.8 Å². The summed E-state index contributed by atoms with van der Waals surface area (Å²) < 4.78 is 26.7. The Kier molecular flexibility index (Phi) is 15.2. The van der Waals surface area contributed by atoms with Gasteiger partial charge in [0.25, 0.3) is 0 Å². The minimum absolute atomic E-state index is 0.0678. The van der Waals surface area contributed by atoms with Crippen molar-refractivity contribution in [1.82, 2.24) is 0 Å². The number of benzene rings is 1. The number of carbonyl (C=O) groups is 4. The summed E-state index contributed by atoms with van der Waals surface area (Å²) in [6.07, 6.45) is 0.843. The number of carbonyl (C=O) groups excluding carboxylic acids is 4. The van der Waals surface area contributed by atoms with Gasteiger partial charge in [-0.05, 0) is 63.6 Å². The molecule has 1 aromatic carbocycles. The number of hydrogen-bond donors (Lipinski definition) is 1. The first-order chi connectivity index (χ1) is 18.4. The largest absolute Gasteiger partial charge is 0.508 e. The molecular weight excluding hydrogens is 506 g/mol. The lowest BCUT2D eigenvalue weighted by Gasteiger charge is -2.23. The van der Waals surface area contributed by atoms with E-state index >= 15 is 0 Å². The summed E-state index contributed by atoms with van der Waals surface area (Å²) in [5, 5.41) is 0. The zero-order valence-corrected chi connectivity index (χ0v) is 24.3. The van der Waals surface area contributed by atoms with Gasteiger partial charge in [-0.2, -0.15) is 0 Å². The molecule has 220 valence electrons. The van der Waals surface area contributed by atoms with Crippen LogP contribution < -0.4 is 15.2 Å². The van der Waals surface area contributed by atoms with Crippen LogP contribution in [-0.2, 0) is 35.0 Å². The van der Waals surface area contributed by atoms with E-state index in [1.165, 1.54) is 12.1 Å². The van der Waals surface area contributed by atoms with Gasteiger partial charge in [0.2, 0.25) is 0 Å². The van der Waals surface area contributed by atoms with Crippen molar-refractivity contribution in [3.8, 4) is 11.5 Å². The number of rotatable bonds is 16. The average Bonchev–Trinajstić information content (AvgIpc) is 2.87. The molecule has 39 heavy (non-hydrogen) atoms. The third-order valence-electron chi connectivity index (χ3n) is 6.15. The third-order valence-corrected chi connectivity index (χ3v) is 6.15. The maximum absolute atomic E-state index is 12.6. The predicted octanol–water partition coefficient (Wildman–Crippen LogP) is 5.27. The minimum Gasteiger partial charge on any atom is -0.458 e. The van der Waals surface area contributed by atoms with Crippen molar-refractivity contribution < 1.29 is 42.9 Å². The summed E-state index contributed by atoms with van der Waals surface area (Å²) >= 11 is 0. The lowest BCUT2D eigenvalue weighted by Crippen LogP contribution is -2.39. The Morgan fingerprint density at radius 1 is 0.744 bits per heavy atom. The van der Waals surface area contributed by atoms with Crippen molar-refractivity contribution in [2.45, 2.75) is 118 Å². The second-order valence-corrected chi connectivity index (χ2v) is 10.0. The molecule has 2 unspecified atom stereocenters. The van der Waals surface area contributed by atoms with E-state index < -0.39 is 42.3 Å². The molecule has 0 bridgehead atoms. The first kappa shape index (κ1) is 33.9. The van der Waals surface area contributed by atoms with Crippen molar-refractivity contribution in [2.75, 3.05) is 0 Å². The highest BCUT2D eigenvalue weighted by Crippen LogP contribution is 2.30. The zero-order chi connectivity index (χ0) is 29.5. The lowest BCUT2D eigenvalue weighted by molar-refractivity contribution is -0.156. The minimum atomic E-state index is -1.05. The maximum atomic E-state index is 12.6. The van der Waals surface area contributed by atoms with Crippen molar-refractivity contribution in [1.29, 1.82) is 0 Å². The van der Waals surface area contributed by atoms with Gasteiger partial charge in [0.05, 0.1) is 0 Å². The molecule has 0 aromatic heterocycles. The SMILES string of the molecule is CCCCC(=O)Oc1ccc(C[C@H](N)C(=O)O[C@@H](C)C(C)OC(=O)OC(C)C(C)C)cc1OC(=O)CCCC. The van der Waals surface area contributed by atoms with Crippen LogP contribution in [0.4, 0.5) is 4.79 Å². The van der Waals surface area contributed by atoms with Gasteiger partial charge in [-0.25, -0.2) is 4.79 Å². The second-order valence-electron chi connectivity index (χ2n) is 10.0. The fraction of sp³-hybridized carbons (Fsp3) is 0.655. The molecule has 10 nitrogen and oxygen atoms in total. The Morgan fingerprint density at radius 2 is 1.26 bits per heavy atom. The number of unbranched alkanes of at least 4 members (excludes halogenated alkanes) is 2. The van der Waals surface area contributed by atoms with Crippen LogP contribution in [0.1, 0.15) is 92.6 Å². The molecule has 4 atom stereocenters. The molecule has 0 aliphatic rings. The molecule has 0 aliphatic carbocycles. The molecule has 1 rings (SSSR count). The van der Waals surface area contributed by atoms with Crippen LogP contribution in [0.15, 0.2) is 18.2 Å². The van der Waals surface area contributed by atoms with Crippen LogP contribution in [-0.4, -0.2) is 48.4 Å². The second kappa shape index (κ2) is 17.4. The fourth-order valence-corrected chi connectivity index (χ4v) is 3.10. The highest BCUT2D eigenvalue weighted by Gasteiger charge is 2.26. The van der Waals surface area contributed by atoms with E-state index in [0.29, 0.717) is 18.4 Å². The van der Waals surface area contributed by atoms with E-state index in [-0.39, 0.29) is 42.8 Å². The van der Waals surface area contributed by atoms with Crippen molar-refractivity contribution >= 4 is 24.1 Å². The van der Waals surface area contributed by atoms with Gasteiger partial charge in [-0.1, -0.05) is 46.6 Å². The van der Waals surface area contributed by atoms with E-state index in [4.69, 9.17) is 29.4 Å². The lowest BCUT2D eigenvalue weighted by atomic mass is 10.1. The zero-order valence-electron chi connectivity index (χ0n) is 24.3. The smallest absolute Gasteiger partial charge is 0.458 e. The van der Waals surface area contributed by atoms with Crippen molar-refractivity contribution in [3.63, 3.8) is 0 Å². The monoisotopic (exact) mass is 551 g/mol. The topological polar surface area (TPSA) is 140 Å². The van der Waals surface area contributed by atoms with Crippen LogP contribution in [0.5, 0.6) is 11.5 Å². The van der Waals surface area contributed by atoms with Gasteiger partial charge >= 0.3 is 24.1 Å². The third kappa shape index (κ3) is 13.0. The molecule has 0 saturated carbocycles. The highest BCUT2D eigenvalue weighted by atomic mass is 16.7. The van der Waals surface area contributed by atoms with Crippen LogP contribution in [0.2, 0.25) is 0 Å². The van der Waals surface area contributed by atoms with E-state index in [0.717, 1.165) is 12.8 Å². The molecule has 0 amide bonds. The first-order valence-corrected chi connectivity index (χ1v) is 13.7. The van der Waals surface area contributed by atoms with Crippen LogP contribution in [0.25, 0.3) is 0 Å². The molecule has 2 N–H and O–H groups in total. The first-order valence-electron chi connectivity index (χ1n) is 13.7. The standard InChI is InChI=1S/C29H45NO9/c1-8-10-12-26(31)38-24-15-14-22(17-25(24)39-27(32)13-11-9-2)16-23(30)28(33)35-20(6)21(7)37-29(34)36-19(5)18(3)4/h14-15,17-21,23H,8-13,16,30H2,1-7H3/t19?,20-,21?,23-/m0/s1. The number of hydrogen-bond acceptors (Lipinski definition) is 10. The molecule has 0 aliphatic heterocycles. The van der Waals surface area contributed by atoms with Gasteiger partial charge < -0.3 is 29.4 Å². The van der Waals surface area contributed by atoms with Gasteiger partial charge in [0.15, 0.2) is 11.5 Å². The summed E-state index contributed by atoms with van der Waals surface area (Å²) in [5.41, 5.74) is 6.67. The van der Waals surface area contributed by atoms with E-state index in [9.17, 15) is 19.2 Å². The Balaban J connectivity index is 2.85. The molecule has 0 radical (unpaired) electrons. The Hall–Kier alpha value is -3.14. The predicted molar refractivity (Wildman–Crippen MR) is 145 cm³/mol. The van der Waals surface area contributed by atoms with E-state index in [1.807, 2.05) is 27.7 Å². The van der Waals surface area contributed by atoms with Crippen LogP contribution >= 0.6 is 0 Å². The molecule has 0 heterocycles. The number of nitrogens with two attached hydrogens (primary N) is 1. The molecule has 1 aromatic rings. The quantitative estimate of drug-likeness (QED) is 0.213. The fourth-order valence-electron chi connectivity index (χ4n) is 3.10. The highest BCUT2D eigenvalue weighted by molar-refractivity contribution is 5.77. The van der Waals surface area contributed by atoms with Crippen molar-refractivity contribution in [2.24, 2.45) is 11.7 Å². The Bertz CT molecular complexity index is 947. The number of ether oxygens (including phenoxy) is 5. The molecule has 0 saturated heterocycles. The summed E-state index contributed by atoms with van der Waals surface area (Å²) in [5.74, 6) is -1.24. The molecular formula is C29H45NO9. The Labute approximate surface area is 231 Å². The average molecular weight is 552 g/mol. The van der Waals surface area contributed by atoms with Gasteiger partial charge in [0.1, 0.15) is 24.4 Å². The molecule has 0 spiro atoms. The Morgan fingerprint density at radius 3 is 1.79 bits per heavy atom. The summed E-state index contributed by atoms with van der Waals surface area (Å²) in [7, 11) is 0. The molecule has 10 heteroatoms. The van der Waals surface area contributed by atoms with Crippen LogP contribution in [0.3, 0.4) is 0 Å².